The second kappa shape index (κ2) is 11.0. The van der Waals surface area contributed by atoms with E-state index in [4.69, 9.17) is 4.74 Å². The van der Waals surface area contributed by atoms with Crippen LogP contribution in [0.1, 0.15) is 18.4 Å². The maximum atomic E-state index is 12.9. The zero-order valence-electron chi connectivity index (χ0n) is 18.9. The molecule has 2 aromatic carbocycles. The number of rotatable bonds is 8. The van der Waals surface area contributed by atoms with E-state index in [-0.39, 0.29) is 16.7 Å². The van der Waals surface area contributed by atoms with Gasteiger partial charge in [0.2, 0.25) is 15.9 Å². The number of benzene rings is 2. The lowest BCUT2D eigenvalue weighted by Crippen LogP contribution is -2.41. The van der Waals surface area contributed by atoms with Crippen molar-refractivity contribution in [1.82, 2.24) is 9.29 Å². The first-order valence-corrected chi connectivity index (χ1v) is 13.4. The third kappa shape index (κ3) is 5.97. The van der Waals surface area contributed by atoms with Crippen LogP contribution in [0.2, 0.25) is 0 Å². The number of anilines is 1. The summed E-state index contributed by atoms with van der Waals surface area (Å²) >= 11 is 1.71. The number of pyridine rings is 1. The van der Waals surface area contributed by atoms with Crippen LogP contribution < -0.4 is 10.1 Å². The second-order valence-electron chi connectivity index (χ2n) is 8.02. The van der Waals surface area contributed by atoms with Crippen LogP contribution >= 0.6 is 11.8 Å². The summed E-state index contributed by atoms with van der Waals surface area (Å²) in [5.74, 6) is 1.14. The number of aromatic nitrogens is 1. The van der Waals surface area contributed by atoms with Crippen LogP contribution in [0, 0.1) is 5.92 Å². The molecule has 178 valence electrons. The average molecular weight is 498 g/mol. The van der Waals surface area contributed by atoms with Gasteiger partial charge >= 0.3 is 0 Å². The summed E-state index contributed by atoms with van der Waals surface area (Å²) in [7, 11) is -2.05. The molecule has 1 fully saturated rings. The molecule has 1 amide bonds. The van der Waals surface area contributed by atoms with Crippen LogP contribution in [0.15, 0.2) is 82.8 Å². The highest BCUT2D eigenvalue weighted by Gasteiger charge is 2.32. The van der Waals surface area contributed by atoms with E-state index in [0.29, 0.717) is 31.7 Å². The highest BCUT2D eigenvalue weighted by molar-refractivity contribution is 7.98. The Bertz CT molecular complexity index is 1190. The molecule has 1 saturated heterocycles. The lowest BCUT2D eigenvalue weighted by molar-refractivity contribution is -0.120. The molecule has 0 atom stereocenters. The Morgan fingerprint density at radius 1 is 1.09 bits per heavy atom. The lowest BCUT2D eigenvalue weighted by atomic mass is 9.97. The first-order valence-electron chi connectivity index (χ1n) is 11.0. The zero-order chi connectivity index (χ0) is 24.0. The van der Waals surface area contributed by atoms with Gasteiger partial charge in [0.05, 0.1) is 12.0 Å². The standard InChI is InChI=1S/C25H27N3O4S2/c1-32-22-6-10-24(11-7-22)34(30,31)28-15-12-20(13-16-28)25(29)27-21-4-8-23(9-5-21)33-18-19-3-2-14-26-17-19/h2-11,14,17,20H,12-13,15-16,18H2,1H3,(H,27,29). The van der Waals surface area contributed by atoms with E-state index in [1.54, 1.807) is 42.2 Å². The molecule has 0 aliphatic carbocycles. The highest BCUT2D eigenvalue weighted by Crippen LogP contribution is 2.27. The van der Waals surface area contributed by atoms with Crippen molar-refractivity contribution in [3.63, 3.8) is 0 Å². The van der Waals surface area contributed by atoms with Crippen LogP contribution in [0.25, 0.3) is 0 Å². The molecule has 4 rings (SSSR count). The van der Waals surface area contributed by atoms with Gasteiger partial charge in [0.25, 0.3) is 0 Å². The monoisotopic (exact) mass is 497 g/mol. The molecule has 7 nitrogen and oxygen atoms in total. The molecule has 1 aromatic heterocycles. The quantitative estimate of drug-likeness (QED) is 0.464. The van der Waals surface area contributed by atoms with Crippen LogP contribution in [0.4, 0.5) is 5.69 Å². The van der Waals surface area contributed by atoms with E-state index < -0.39 is 10.0 Å². The van der Waals surface area contributed by atoms with Gasteiger partial charge < -0.3 is 10.1 Å². The van der Waals surface area contributed by atoms with E-state index in [1.165, 1.54) is 11.4 Å². The van der Waals surface area contributed by atoms with Crippen molar-refractivity contribution >= 4 is 33.4 Å². The van der Waals surface area contributed by atoms with Crippen molar-refractivity contribution in [2.24, 2.45) is 5.92 Å². The maximum Gasteiger partial charge on any atom is 0.243 e. The van der Waals surface area contributed by atoms with Gasteiger partial charge in [-0.2, -0.15) is 4.31 Å². The maximum absolute atomic E-state index is 12.9. The molecule has 9 heteroatoms. The number of thioether (sulfide) groups is 1. The van der Waals surface area contributed by atoms with E-state index in [2.05, 4.69) is 10.3 Å². The number of piperidine rings is 1. The van der Waals surface area contributed by atoms with Crippen LogP contribution in [-0.4, -0.2) is 43.8 Å². The van der Waals surface area contributed by atoms with Crippen LogP contribution in [0.5, 0.6) is 5.75 Å². The summed E-state index contributed by atoms with van der Waals surface area (Å²) in [5.41, 5.74) is 1.90. The fourth-order valence-electron chi connectivity index (χ4n) is 3.78. The highest BCUT2D eigenvalue weighted by atomic mass is 32.2. The first kappa shape index (κ1) is 24.3. The third-order valence-electron chi connectivity index (χ3n) is 5.77. The minimum atomic E-state index is -3.59. The van der Waals surface area contributed by atoms with E-state index in [0.717, 1.165) is 21.9 Å². The Morgan fingerprint density at radius 3 is 2.41 bits per heavy atom. The molecule has 1 aliphatic heterocycles. The molecule has 0 saturated carbocycles. The van der Waals surface area contributed by atoms with Crippen molar-refractivity contribution in [2.75, 3.05) is 25.5 Å². The largest absolute Gasteiger partial charge is 0.497 e. The Labute approximate surface area is 204 Å². The Kier molecular flexibility index (Phi) is 7.87. The number of sulfonamides is 1. The zero-order valence-corrected chi connectivity index (χ0v) is 20.5. The van der Waals surface area contributed by atoms with Gasteiger partial charge in [-0.1, -0.05) is 6.07 Å². The van der Waals surface area contributed by atoms with Gasteiger partial charge in [0.15, 0.2) is 0 Å². The van der Waals surface area contributed by atoms with Crippen molar-refractivity contribution in [1.29, 1.82) is 0 Å². The number of hydrogen-bond acceptors (Lipinski definition) is 6. The number of nitrogens with one attached hydrogen (secondary N) is 1. The Morgan fingerprint density at radius 2 is 1.79 bits per heavy atom. The summed E-state index contributed by atoms with van der Waals surface area (Å²) in [4.78, 5) is 18.2. The molecule has 1 aliphatic rings. The predicted molar refractivity (Wildman–Crippen MR) is 133 cm³/mol. The van der Waals surface area contributed by atoms with Gasteiger partial charge in [0, 0.05) is 47.7 Å². The number of hydrogen-bond donors (Lipinski definition) is 1. The fourth-order valence-corrected chi connectivity index (χ4v) is 6.09. The lowest BCUT2D eigenvalue weighted by Gasteiger charge is -2.30. The fraction of sp³-hybridized carbons (Fsp3) is 0.280. The summed E-state index contributed by atoms with van der Waals surface area (Å²) in [6, 6.07) is 18.1. The van der Waals surface area contributed by atoms with Crippen LogP contribution in [0.3, 0.4) is 0 Å². The smallest absolute Gasteiger partial charge is 0.243 e. The number of ether oxygens (including phenoxy) is 1. The predicted octanol–water partition coefficient (Wildman–Crippen LogP) is 4.42. The molecule has 0 spiro atoms. The molecule has 0 unspecified atom stereocenters. The second-order valence-corrected chi connectivity index (χ2v) is 11.0. The van der Waals surface area contributed by atoms with E-state index >= 15 is 0 Å². The summed E-state index contributed by atoms with van der Waals surface area (Å²) in [5, 5.41) is 2.97. The minimum Gasteiger partial charge on any atom is -0.497 e. The molecule has 34 heavy (non-hydrogen) atoms. The summed E-state index contributed by atoms with van der Waals surface area (Å²) in [6.45, 7) is 0.632. The topological polar surface area (TPSA) is 88.6 Å². The normalized spacial score (nSPS) is 15.1. The van der Waals surface area contributed by atoms with Crippen molar-refractivity contribution in [3.05, 3.63) is 78.6 Å². The molecule has 1 N–H and O–H groups in total. The molecule has 0 radical (unpaired) electrons. The van der Waals surface area contributed by atoms with Crippen LogP contribution in [-0.2, 0) is 20.6 Å². The number of carbonyl (C=O) groups is 1. The number of carbonyl (C=O) groups excluding carboxylic acids is 1. The molecular weight excluding hydrogens is 470 g/mol. The van der Waals surface area contributed by atoms with E-state index in [1.807, 2.05) is 42.6 Å². The van der Waals surface area contributed by atoms with Gasteiger partial charge in [-0.05, 0) is 73.0 Å². The number of amides is 1. The van der Waals surface area contributed by atoms with Gasteiger partial charge in [-0.25, -0.2) is 8.42 Å². The van der Waals surface area contributed by atoms with Crippen molar-refractivity contribution < 1.29 is 17.9 Å². The third-order valence-corrected chi connectivity index (χ3v) is 8.77. The SMILES string of the molecule is COc1ccc(S(=O)(=O)N2CCC(C(=O)Nc3ccc(SCc4cccnc4)cc3)CC2)cc1. The Balaban J connectivity index is 1.27. The molecular formula is C25H27N3O4S2. The molecule has 0 bridgehead atoms. The summed E-state index contributed by atoms with van der Waals surface area (Å²) in [6.07, 6.45) is 4.59. The molecule has 2 heterocycles. The number of methoxy groups -OCH3 is 1. The minimum absolute atomic E-state index is 0.0720. The van der Waals surface area contributed by atoms with Crippen molar-refractivity contribution in [3.8, 4) is 5.75 Å². The molecule has 3 aromatic rings. The van der Waals surface area contributed by atoms with Gasteiger partial charge in [0.1, 0.15) is 5.75 Å². The van der Waals surface area contributed by atoms with E-state index in [9.17, 15) is 13.2 Å². The van der Waals surface area contributed by atoms with Crippen molar-refractivity contribution in [2.45, 2.75) is 28.4 Å². The Hall–Kier alpha value is -2.88. The average Bonchev–Trinajstić information content (AvgIpc) is 2.89. The number of nitrogens with zero attached hydrogens (tertiary/aromatic N) is 2. The van der Waals surface area contributed by atoms with Gasteiger partial charge in [-0.15, -0.1) is 11.8 Å². The summed E-state index contributed by atoms with van der Waals surface area (Å²) < 4.78 is 32.4. The van der Waals surface area contributed by atoms with Gasteiger partial charge in [-0.3, -0.25) is 9.78 Å². The first-order chi connectivity index (χ1) is 16.5.